The number of ether oxygens (including phenoxy) is 1. The monoisotopic (exact) mass is 384 g/mol. The fourth-order valence-corrected chi connectivity index (χ4v) is 1.36. The van der Waals surface area contributed by atoms with Crippen molar-refractivity contribution in [2.75, 3.05) is 12.9 Å². The molecule has 6 heteroatoms. The molecule has 0 aliphatic carbocycles. The second-order valence-corrected chi connectivity index (χ2v) is 5.89. The lowest BCUT2D eigenvalue weighted by molar-refractivity contribution is 0.0533. The van der Waals surface area contributed by atoms with Crippen molar-refractivity contribution in [3.63, 3.8) is 0 Å². The Hall–Kier alpha value is -0.470. The van der Waals surface area contributed by atoms with E-state index in [9.17, 15) is 9.90 Å². The Balaban J connectivity index is 0.000000415. The molecule has 0 spiro atoms. The van der Waals surface area contributed by atoms with Crippen LogP contribution in [0.4, 0.5) is 0 Å². The minimum atomic E-state index is -0.425. The van der Waals surface area contributed by atoms with E-state index in [0.717, 1.165) is 18.2 Å². The second kappa shape index (κ2) is 9.46. The van der Waals surface area contributed by atoms with Crippen molar-refractivity contribution in [2.45, 2.75) is 20.5 Å². The summed E-state index contributed by atoms with van der Waals surface area (Å²) in [5, 5.41) is 16.3. The maximum atomic E-state index is 11.1. The van der Waals surface area contributed by atoms with Gasteiger partial charge in [0.15, 0.2) is 0 Å². The number of fused-ring (bicyclic) bond motifs is 1. The molecule has 0 amide bonds. The first-order valence-electron chi connectivity index (χ1n) is 5.28. The molecule has 0 atom stereocenters. The number of hydrogen-bond donors (Lipinski definition) is 2. The first kappa shape index (κ1) is 17.5. The predicted molar refractivity (Wildman–Crippen MR) is 82.3 cm³/mol. The SMILES string of the molecule is CCSI.CO.Cc1ccc(O)c2c1COC2=O. The highest BCUT2D eigenvalue weighted by atomic mass is 127. The van der Waals surface area contributed by atoms with Gasteiger partial charge in [-0.15, -0.1) is 0 Å². The van der Waals surface area contributed by atoms with Crippen LogP contribution in [0.3, 0.4) is 0 Å². The van der Waals surface area contributed by atoms with Gasteiger partial charge < -0.3 is 14.9 Å². The number of benzene rings is 1. The fourth-order valence-electron chi connectivity index (χ4n) is 1.36. The van der Waals surface area contributed by atoms with Crippen molar-refractivity contribution in [1.29, 1.82) is 0 Å². The molecule has 2 rings (SSSR count). The van der Waals surface area contributed by atoms with E-state index in [1.54, 1.807) is 6.07 Å². The van der Waals surface area contributed by atoms with E-state index in [1.165, 1.54) is 11.8 Å². The third-order valence-corrected chi connectivity index (χ3v) is 4.27. The van der Waals surface area contributed by atoms with Crippen LogP contribution >= 0.6 is 30.1 Å². The van der Waals surface area contributed by atoms with Gasteiger partial charge in [-0.1, -0.05) is 21.9 Å². The van der Waals surface area contributed by atoms with Crippen LogP contribution < -0.4 is 0 Å². The number of halogens is 1. The highest BCUT2D eigenvalue weighted by molar-refractivity contribution is 14.2. The summed E-state index contributed by atoms with van der Waals surface area (Å²) in [6.45, 7) is 4.31. The van der Waals surface area contributed by atoms with Crippen LogP contribution in [-0.4, -0.2) is 29.0 Å². The Morgan fingerprint density at radius 3 is 2.44 bits per heavy atom. The van der Waals surface area contributed by atoms with Crippen molar-refractivity contribution < 1.29 is 19.7 Å². The van der Waals surface area contributed by atoms with Crippen LogP contribution in [0.1, 0.15) is 28.4 Å². The van der Waals surface area contributed by atoms with Gasteiger partial charge in [0.05, 0.1) is 0 Å². The van der Waals surface area contributed by atoms with Crippen LogP contribution in [0.5, 0.6) is 5.75 Å². The molecule has 0 saturated heterocycles. The van der Waals surface area contributed by atoms with Gasteiger partial charge in [-0.05, 0) is 39.8 Å². The molecule has 4 nitrogen and oxygen atoms in total. The first-order chi connectivity index (χ1) is 8.61. The van der Waals surface area contributed by atoms with E-state index in [0.29, 0.717) is 5.56 Å². The van der Waals surface area contributed by atoms with Crippen LogP contribution in [0.15, 0.2) is 12.1 Å². The number of aliphatic hydroxyl groups excluding tert-OH is 1. The summed E-state index contributed by atoms with van der Waals surface area (Å²) in [6.07, 6.45) is 0. The van der Waals surface area contributed by atoms with Crippen molar-refractivity contribution in [1.82, 2.24) is 0 Å². The van der Waals surface area contributed by atoms with E-state index in [4.69, 9.17) is 9.84 Å². The molecule has 1 aromatic rings. The summed E-state index contributed by atoms with van der Waals surface area (Å²) in [4.78, 5) is 11.1. The number of cyclic esters (lactones) is 1. The molecule has 1 heterocycles. The van der Waals surface area contributed by atoms with E-state index in [2.05, 4.69) is 28.1 Å². The first-order valence-corrected chi connectivity index (χ1v) is 8.81. The summed E-state index contributed by atoms with van der Waals surface area (Å²) in [6, 6.07) is 3.29. The number of carbonyl (C=O) groups excluding carboxylic acids is 1. The van der Waals surface area contributed by atoms with Crippen molar-refractivity contribution in [3.8, 4) is 5.75 Å². The van der Waals surface area contributed by atoms with Crippen molar-refractivity contribution in [2.24, 2.45) is 0 Å². The Morgan fingerprint density at radius 1 is 1.44 bits per heavy atom. The summed E-state index contributed by atoms with van der Waals surface area (Å²) < 4.78 is 4.79. The van der Waals surface area contributed by atoms with Gasteiger partial charge in [-0.3, -0.25) is 0 Å². The lowest BCUT2D eigenvalue weighted by Crippen LogP contribution is -1.94. The molecular weight excluding hydrogens is 367 g/mol. The third kappa shape index (κ3) is 4.66. The van der Waals surface area contributed by atoms with Gasteiger partial charge in [0.25, 0.3) is 0 Å². The summed E-state index contributed by atoms with van der Waals surface area (Å²) >= 11 is 2.27. The summed E-state index contributed by atoms with van der Waals surface area (Å²) in [5.41, 5.74) is 2.11. The number of rotatable bonds is 1. The molecule has 0 fully saturated rings. The van der Waals surface area contributed by atoms with Gasteiger partial charge in [-0.2, -0.15) is 0 Å². The van der Waals surface area contributed by atoms with E-state index < -0.39 is 5.97 Å². The number of hydrogen-bond acceptors (Lipinski definition) is 5. The lowest BCUT2D eigenvalue weighted by atomic mass is 10.0. The number of carbonyl (C=O) groups is 1. The number of aliphatic hydroxyl groups is 1. The molecule has 0 unspecified atom stereocenters. The minimum absolute atomic E-state index is 0.0121. The highest BCUT2D eigenvalue weighted by Gasteiger charge is 2.25. The third-order valence-electron chi connectivity index (χ3n) is 2.19. The van der Waals surface area contributed by atoms with Crippen LogP contribution in [0.25, 0.3) is 0 Å². The normalized spacial score (nSPS) is 11.5. The molecule has 0 bridgehead atoms. The maximum Gasteiger partial charge on any atom is 0.342 e. The standard InChI is InChI=1S/C9H8O3.C2H5IS.CH4O/c1-5-2-3-7(10)8-6(5)4-12-9(8)11;1-2-4-3;1-2/h2-3,10H,4H2,1H3;2H2,1H3;2H,1H3. The number of aryl methyl sites for hydroxylation is 1. The van der Waals surface area contributed by atoms with Gasteiger partial charge in [0, 0.05) is 18.4 Å². The maximum absolute atomic E-state index is 11.1. The Morgan fingerprint density at radius 2 is 2.00 bits per heavy atom. The molecule has 102 valence electrons. The van der Waals surface area contributed by atoms with Gasteiger partial charge in [0.1, 0.15) is 17.9 Å². The highest BCUT2D eigenvalue weighted by Crippen LogP contribution is 2.30. The van der Waals surface area contributed by atoms with E-state index >= 15 is 0 Å². The lowest BCUT2D eigenvalue weighted by Gasteiger charge is -2.00. The molecule has 0 aromatic heterocycles. The van der Waals surface area contributed by atoms with Crippen LogP contribution in [-0.2, 0) is 11.3 Å². The second-order valence-electron chi connectivity index (χ2n) is 3.23. The van der Waals surface area contributed by atoms with E-state index in [1.807, 2.05) is 15.9 Å². The molecule has 1 aromatic carbocycles. The Labute approximate surface area is 123 Å². The van der Waals surface area contributed by atoms with Crippen molar-refractivity contribution in [3.05, 3.63) is 28.8 Å². The summed E-state index contributed by atoms with van der Waals surface area (Å²) in [5.74, 6) is 0.810. The number of phenolic OH excluding ortho intramolecular Hbond substituents is 1. The van der Waals surface area contributed by atoms with Gasteiger partial charge >= 0.3 is 5.97 Å². The number of esters is 1. The quantitative estimate of drug-likeness (QED) is 0.576. The molecule has 0 saturated carbocycles. The summed E-state index contributed by atoms with van der Waals surface area (Å²) in [7, 11) is 2.83. The van der Waals surface area contributed by atoms with Crippen LogP contribution in [0.2, 0.25) is 0 Å². The average molecular weight is 384 g/mol. The zero-order chi connectivity index (χ0) is 14.1. The number of phenols is 1. The predicted octanol–water partition coefficient (Wildman–Crippen LogP) is 3.07. The zero-order valence-corrected chi connectivity index (χ0v) is 13.5. The van der Waals surface area contributed by atoms with Gasteiger partial charge in [0.2, 0.25) is 0 Å². The molecule has 0 radical (unpaired) electrons. The topological polar surface area (TPSA) is 66.8 Å². The Kier molecular flexibility index (Phi) is 9.21. The average Bonchev–Trinajstić information content (AvgIpc) is 2.80. The van der Waals surface area contributed by atoms with Crippen LogP contribution in [0, 0.1) is 6.92 Å². The number of aromatic hydroxyl groups is 1. The zero-order valence-electron chi connectivity index (χ0n) is 10.6. The minimum Gasteiger partial charge on any atom is -0.507 e. The molecule has 2 N–H and O–H groups in total. The fraction of sp³-hybridized carbons (Fsp3) is 0.417. The molecule has 18 heavy (non-hydrogen) atoms. The van der Waals surface area contributed by atoms with E-state index in [-0.39, 0.29) is 12.4 Å². The molecule has 1 aliphatic rings. The smallest absolute Gasteiger partial charge is 0.342 e. The largest absolute Gasteiger partial charge is 0.507 e. The van der Waals surface area contributed by atoms with Gasteiger partial charge in [-0.25, -0.2) is 4.79 Å². The van der Waals surface area contributed by atoms with Crippen molar-refractivity contribution >= 4 is 36.1 Å². The molecular formula is C12H17IO4S. The Bertz CT molecular complexity index is 394. The molecule has 1 aliphatic heterocycles.